The molecular weight excluding hydrogens is 326 g/mol. The molecule has 2 N–H and O–H groups in total. The predicted molar refractivity (Wildman–Crippen MR) is 92.5 cm³/mol. The van der Waals surface area contributed by atoms with Gasteiger partial charge in [0.15, 0.2) is 0 Å². The van der Waals surface area contributed by atoms with E-state index in [1.54, 1.807) is 0 Å². The van der Waals surface area contributed by atoms with Gasteiger partial charge in [-0.15, -0.1) is 11.3 Å². The maximum Gasteiger partial charge on any atom is 0.303 e. The molecule has 1 aliphatic heterocycles. The Morgan fingerprint density at radius 2 is 2.04 bits per heavy atom. The number of amides is 1. The largest absolute Gasteiger partial charge is 0.488 e. The van der Waals surface area contributed by atoms with Crippen LogP contribution in [0.1, 0.15) is 40.9 Å². The van der Waals surface area contributed by atoms with Crippen molar-refractivity contribution in [3.63, 3.8) is 0 Å². The molecule has 1 aromatic carbocycles. The number of ether oxygens (including phenoxy) is 1. The highest BCUT2D eigenvalue weighted by Gasteiger charge is 2.22. The van der Waals surface area contributed by atoms with Crippen molar-refractivity contribution < 1.29 is 19.4 Å². The van der Waals surface area contributed by atoms with Gasteiger partial charge in [0, 0.05) is 29.0 Å². The number of thiophene rings is 1. The van der Waals surface area contributed by atoms with E-state index in [1.807, 2.05) is 30.3 Å². The number of hydrogen-bond donors (Lipinski definition) is 2. The van der Waals surface area contributed by atoms with Crippen molar-refractivity contribution >= 4 is 23.2 Å². The van der Waals surface area contributed by atoms with Crippen LogP contribution in [0.15, 0.2) is 30.3 Å². The molecule has 0 fully saturated rings. The van der Waals surface area contributed by atoms with Gasteiger partial charge in [-0.2, -0.15) is 0 Å². The van der Waals surface area contributed by atoms with Crippen molar-refractivity contribution in [2.24, 2.45) is 0 Å². The third-order valence-electron chi connectivity index (χ3n) is 3.90. The van der Waals surface area contributed by atoms with E-state index < -0.39 is 5.97 Å². The number of aliphatic carboxylic acids is 1. The van der Waals surface area contributed by atoms with Gasteiger partial charge in [-0.3, -0.25) is 9.59 Å². The molecule has 0 saturated carbocycles. The molecule has 126 valence electrons. The summed E-state index contributed by atoms with van der Waals surface area (Å²) in [5.41, 5.74) is 2.08. The number of carbonyl (C=O) groups is 2. The van der Waals surface area contributed by atoms with Gasteiger partial charge in [-0.1, -0.05) is 18.6 Å². The van der Waals surface area contributed by atoms with Gasteiger partial charge in [0.05, 0.1) is 4.88 Å². The van der Waals surface area contributed by atoms with Crippen LogP contribution in [0.5, 0.6) is 5.75 Å². The summed E-state index contributed by atoms with van der Waals surface area (Å²) in [7, 11) is 0. The number of hydrogen-bond acceptors (Lipinski definition) is 4. The van der Waals surface area contributed by atoms with Crippen LogP contribution >= 0.6 is 11.3 Å². The summed E-state index contributed by atoms with van der Waals surface area (Å²) >= 11 is 1.49. The second-order valence-electron chi connectivity index (χ2n) is 5.71. The van der Waals surface area contributed by atoms with Crippen LogP contribution in [0.3, 0.4) is 0 Å². The summed E-state index contributed by atoms with van der Waals surface area (Å²) in [5, 5.41) is 11.5. The van der Waals surface area contributed by atoms with Crippen LogP contribution in [-0.2, 0) is 11.4 Å². The van der Waals surface area contributed by atoms with Gasteiger partial charge >= 0.3 is 5.97 Å². The minimum absolute atomic E-state index is 0.0786. The standard InChI is InChI=1S/C18H19NO4S/c20-16(21)8-2-1-5-9-19-18(22)15-10-12-11-23-14-7-4-3-6-13(14)17(12)24-15/h3-4,6-7,10H,1-2,5,8-9,11H2,(H,19,22)(H,20,21). The number of nitrogens with one attached hydrogen (secondary N) is 1. The number of carboxylic acid groups (broad SMARTS) is 1. The van der Waals surface area contributed by atoms with Gasteiger partial charge < -0.3 is 15.2 Å². The molecule has 0 spiro atoms. The smallest absolute Gasteiger partial charge is 0.303 e. The predicted octanol–water partition coefficient (Wildman–Crippen LogP) is 3.68. The number of para-hydroxylation sites is 1. The summed E-state index contributed by atoms with van der Waals surface area (Å²) in [4.78, 5) is 24.5. The Hall–Kier alpha value is -2.34. The first-order valence-electron chi connectivity index (χ1n) is 8.00. The van der Waals surface area contributed by atoms with Crippen molar-refractivity contribution in [2.45, 2.75) is 32.3 Å². The molecule has 2 heterocycles. The number of rotatable bonds is 7. The molecule has 0 saturated heterocycles. The fraction of sp³-hybridized carbons (Fsp3) is 0.333. The van der Waals surface area contributed by atoms with E-state index in [9.17, 15) is 9.59 Å². The maximum atomic E-state index is 12.3. The Kier molecular flexibility index (Phi) is 5.15. The molecule has 1 aromatic heterocycles. The molecule has 3 rings (SSSR count). The lowest BCUT2D eigenvalue weighted by Gasteiger charge is -2.16. The van der Waals surface area contributed by atoms with Crippen molar-refractivity contribution in [1.29, 1.82) is 0 Å². The third kappa shape index (κ3) is 3.76. The summed E-state index contributed by atoms with van der Waals surface area (Å²) in [6, 6.07) is 9.75. The molecule has 24 heavy (non-hydrogen) atoms. The fourth-order valence-electron chi connectivity index (χ4n) is 2.68. The molecular formula is C18H19NO4S. The third-order valence-corrected chi connectivity index (χ3v) is 5.11. The van der Waals surface area contributed by atoms with Crippen molar-refractivity contribution in [3.05, 3.63) is 40.8 Å². The normalized spacial score (nSPS) is 12.0. The lowest BCUT2D eigenvalue weighted by molar-refractivity contribution is -0.137. The lowest BCUT2D eigenvalue weighted by atomic mass is 10.1. The zero-order valence-corrected chi connectivity index (χ0v) is 14.0. The average Bonchev–Trinajstić information content (AvgIpc) is 3.02. The van der Waals surface area contributed by atoms with Crippen LogP contribution in [0, 0.1) is 0 Å². The number of fused-ring (bicyclic) bond motifs is 3. The molecule has 0 atom stereocenters. The van der Waals surface area contributed by atoms with Gasteiger partial charge in [-0.25, -0.2) is 0 Å². The first-order valence-corrected chi connectivity index (χ1v) is 8.81. The molecule has 1 aliphatic rings. The van der Waals surface area contributed by atoms with Crippen molar-refractivity contribution in [3.8, 4) is 16.2 Å². The maximum absolute atomic E-state index is 12.3. The monoisotopic (exact) mass is 345 g/mol. The summed E-state index contributed by atoms with van der Waals surface area (Å²) < 4.78 is 5.71. The Morgan fingerprint density at radius 3 is 2.88 bits per heavy atom. The zero-order valence-electron chi connectivity index (χ0n) is 13.2. The Morgan fingerprint density at radius 1 is 1.21 bits per heavy atom. The number of benzene rings is 1. The molecule has 5 nitrogen and oxygen atoms in total. The number of unbranched alkanes of at least 4 members (excludes halogenated alkanes) is 2. The SMILES string of the molecule is O=C(O)CCCCCNC(=O)c1cc2c(s1)-c1ccccc1OC2. The quantitative estimate of drug-likeness (QED) is 0.751. The number of carboxylic acids is 1. The van der Waals surface area contributed by atoms with Gasteiger partial charge in [0.1, 0.15) is 12.4 Å². The highest BCUT2D eigenvalue weighted by Crippen LogP contribution is 2.42. The molecule has 0 aliphatic carbocycles. The molecule has 1 amide bonds. The Bertz CT molecular complexity index is 753. The summed E-state index contributed by atoms with van der Waals surface area (Å²) in [6.07, 6.45) is 2.42. The molecule has 0 unspecified atom stereocenters. The lowest BCUT2D eigenvalue weighted by Crippen LogP contribution is -2.23. The summed E-state index contributed by atoms with van der Waals surface area (Å²) in [5.74, 6) is 0.00746. The first-order chi connectivity index (χ1) is 11.6. The van der Waals surface area contributed by atoms with Crippen LogP contribution in [0.4, 0.5) is 0 Å². The second kappa shape index (κ2) is 7.49. The first kappa shape index (κ1) is 16.5. The fourth-order valence-corrected chi connectivity index (χ4v) is 3.79. The molecule has 0 radical (unpaired) electrons. The minimum atomic E-state index is -0.772. The van der Waals surface area contributed by atoms with Crippen LogP contribution in [0.2, 0.25) is 0 Å². The van der Waals surface area contributed by atoms with Crippen molar-refractivity contribution in [1.82, 2.24) is 5.32 Å². The van der Waals surface area contributed by atoms with E-state index in [0.717, 1.165) is 34.6 Å². The topological polar surface area (TPSA) is 75.6 Å². The van der Waals surface area contributed by atoms with Gasteiger partial charge in [0.2, 0.25) is 0 Å². The van der Waals surface area contributed by atoms with Crippen LogP contribution in [0.25, 0.3) is 10.4 Å². The second-order valence-corrected chi connectivity index (χ2v) is 6.76. The summed E-state index contributed by atoms with van der Waals surface area (Å²) in [6.45, 7) is 1.05. The molecule has 0 bridgehead atoms. The van der Waals surface area contributed by atoms with Crippen molar-refractivity contribution in [2.75, 3.05) is 6.54 Å². The highest BCUT2D eigenvalue weighted by atomic mass is 32.1. The van der Waals surface area contributed by atoms with Crippen LogP contribution < -0.4 is 10.1 Å². The van der Waals surface area contributed by atoms with E-state index in [0.29, 0.717) is 24.4 Å². The molecule has 2 aromatic rings. The van der Waals surface area contributed by atoms with Gasteiger partial charge in [-0.05, 0) is 31.0 Å². The molecule has 6 heteroatoms. The minimum Gasteiger partial charge on any atom is -0.488 e. The number of carbonyl (C=O) groups excluding carboxylic acids is 1. The Labute approximate surface area is 144 Å². The average molecular weight is 345 g/mol. The zero-order chi connectivity index (χ0) is 16.9. The van der Waals surface area contributed by atoms with Gasteiger partial charge in [0.25, 0.3) is 5.91 Å². The van der Waals surface area contributed by atoms with E-state index in [2.05, 4.69) is 5.32 Å². The van der Waals surface area contributed by atoms with E-state index in [1.165, 1.54) is 11.3 Å². The Balaban J connectivity index is 1.56. The van der Waals surface area contributed by atoms with Crippen LogP contribution in [-0.4, -0.2) is 23.5 Å². The van der Waals surface area contributed by atoms with E-state index in [4.69, 9.17) is 9.84 Å². The highest BCUT2D eigenvalue weighted by molar-refractivity contribution is 7.17. The van der Waals surface area contributed by atoms with E-state index in [-0.39, 0.29) is 12.3 Å². The van der Waals surface area contributed by atoms with E-state index >= 15 is 0 Å².